The summed E-state index contributed by atoms with van der Waals surface area (Å²) in [6.45, 7) is 0. The van der Waals surface area contributed by atoms with Gasteiger partial charge in [0.25, 0.3) is 0 Å². The van der Waals surface area contributed by atoms with E-state index in [2.05, 4.69) is 0 Å². The highest BCUT2D eigenvalue weighted by atomic mass is 19.4. The van der Waals surface area contributed by atoms with Crippen molar-refractivity contribution in [3.63, 3.8) is 0 Å². The number of halogens is 7. The predicted octanol–water partition coefficient (Wildman–Crippen LogP) is 5.01. The lowest BCUT2D eigenvalue weighted by molar-refractivity contribution is -0.365. The SMILES string of the molecule is N#CC1(C#N)C(c2cccc(F)c2)C=CCC1(C(F)(F)F)C(F)(F)F. The summed E-state index contributed by atoms with van der Waals surface area (Å²) in [7, 11) is 0. The first-order chi connectivity index (χ1) is 11.5. The molecule has 0 radical (unpaired) electrons. The average Bonchev–Trinajstić information content (AvgIpc) is 2.51. The van der Waals surface area contributed by atoms with Crippen LogP contribution in [0.15, 0.2) is 36.4 Å². The monoisotopic (exact) mass is 362 g/mol. The fourth-order valence-electron chi connectivity index (χ4n) is 3.21. The summed E-state index contributed by atoms with van der Waals surface area (Å²) in [5.74, 6) is -2.82. The van der Waals surface area contributed by atoms with Crippen molar-refractivity contribution in [3.05, 3.63) is 47.8 Å². The van der Waals surface area contributed by atoms with E-state index in [0.29, 0.717) is 12.1 Å². The number of rotatable bonds is 1. The summed E-state index contributed by atoms with van der Waals surface area (Å²) < 4.78 is 95.0. The zero-order valence-corrected chi connectivity index (χ0v) is 12.3. The van der Waals surface area contributed by atoms with Crippen LogP contribution in [0.25, 0.3) is 0 Å². The molecule has 1 aromatic carbocycles. The number of hydrogen-bond acceptors (Lipinski definition) is 2. The number of benzene rings is 1. The molecule has 0 aliphatic heterocycles. The standard InChI is InChI=1S/C16H9F7N2/c17-11-4-1-3-10(7-11)12-5-2-6-14(15(18,19)20,16(21,22)23)13(12,8-24)9-25/h1-5,7,12H,6H2. The van der Waals surface area contributed by atoms with E-state index in [1.54, 1.807) is 0 Å². The smallest absolute Gasteiger partial charge is 0.207 e. The van der Waals surface area contributed by atoms with Crippen LogP contribution in [0, 0.1) is 39.3 Å². The molecular weight excluding hydrogens is 353 g/mol. The molecule has 25 heavy (non-hydrogen) atoms. The van der Waals surface area contributed by atoms with Crippen LogP contribution in [-0.2, 0) is 0 Å². The third-order valence-corrected chi connectivity index (χ3v) is 4.42. The van der Waals surface area contributed by atoms with Crippen molar-refractivity contribution in [2.75, 3.05) is 0 Å². The van der Waals surface area contributed by atoms with Gasteiger partial charge in [-0.3, -0.25) is 0 Å². The Morgan fingerprint density at radius 3 is 2.00 bits per heavy atom. The molecule has 0 saturated carbocycles. The highest BCUT2D eigenvalue weighted by molar-refractivity contribution is 5.42. The summed E-state index contributed by atoms with van der Waals surface area (Å²) in [6, 6.07) is 5.73. The van der Waals surface area contributed by atoms with Gasteiger partial charge < -0.3 is 0 Å². The fourth-order valence-corrected chi connectivity index (χ4v) is 3.21. The number of hydrogen-bond donors (Lipinski definition) is 0. The zero-order chi connectivity index (χ0) is 19.1. The van der Waals surface area contributed by atoms with Crippen molar-refractivity contribution in [1.29, 1.82) is 10.5 Å². The van der Waals surface area contributed by atoms with Crippen LogP contribution in [0.5, 0.6) is 0 Å². The Labute approximate surface area is 137 Å². The minimum Gasteiger partial charge on any atom is -0.207 e. The molecule has 9 heteroatoms. The predicted molar refractivity (Wildman–Crippen MR) is 71.1 cm³/mol. The van der Waals surface area contributed by atoms with E-state index in [4.69, 9.17) is 0 Å². The zero-order valence-electron chi connectivity index (χ0n) is 12.3. The number of nitriles is 2. The van der Waals surface area contributed by atoms with E-state index >= 15 is 0 Å². The molecule has 0 heterocycles. The second-order valence-electron chi connectivity index (χ2n) is 5.60. The first-order valence-corrected chi connectivity index (χ1v) is 6.85. The van der Waals surface area contributed by atoms with Crippen molar-refractivity contribution < 1.29 is 30.7 Å². The number of allylic oxidation sites excluding steroid dienone is 2. The Kier molecular flexibility index (Phi) is 4.33. The first-order valence-electron chi connectivity index (χ1n) is 6.85. The minimum atomic E-state index is -5.92. The first kappa shape index (κ1) is 18.8. The molecule has 0 saturated heterocycles. The lowest BCUT2D eigenvalue weighted by Crippen LogP contribution is -2.62. The summed E-state index contributed by atoms with van der Waals surface area (Å²) in [5.41, 5.74) is -8.45. The quantitative estimate of drug-likeness (QED) is 0.521. The van der Waals surface area contributed by atoms with E-state index in [0.717, 1.165) is 36.4 Å². The third-order valence-electron chi connectivity index (χ3n) is 4.42. The van der Waals surface area contributed by atoms with Crippen LogP contribution in [0.2, 0.25) is 0 Å². The topological polar surface area (TPSA) is 47.6 Å². The Hall–Kier alpha value is -2.55. The normalized spacial score (nSPS) is 22.0. The largest absolute Gasteiger partial charge is 0.406 e. The molecule has 1 aliphatic carbocycles. The van der Waals surface area contributed by atoms with Gasteiger partial charge in [-0.05, 0) is 24.1 Å². The van der Waals surface area contributed by atoms with Crippen LogP contribution in [0.1, 0.15) is 17.9 Å². The molecule has 1 aliphatic rings. The summed E-state index contributed by atoms with van der Waals surface area (Å²) in [6.07, 6.45) is -11.9. The Balaban J connectivity index is 2.87. The second-order valence-corrected chi connectivity index (χ2v) is 5.60. The molecule has 0 aromatic heterocycles. The van der Waals surface area contributed by atoms with Gasteiger partial charge in [0.1, 0.15) is 5.82 Å². The van der Waals surface area contributed by atoms with Crippen LogP contribution < -0.4 is 0 Å². The van der Waals surface area contributed by atoms with E-state index in [-0.39, 0.29) is 5.56 Å². The fraction of sp³-hybridized carbons (Fsp3) is 0.375. The molecule has 0 bridgehead atoms. The summed E-state index contributed by atoms with van der Waals surface area (Å²) in [4.78, 5) is 0. The third kappa shape index (κ3) is 2.46. The lowest BCUT2D eigenvalue weighted by Gasteiger charge is -2.48. The van der Waals surface area contributed by atoms with E-state index < -0.39 is 41.3 Å². The Morgan fingerprint density at radius 2 is 1.56 bits per heavy atom. The summed E-state index contributed by atoms with van der Waals surface area (Å²) >= 11 is 0. The molecule has 132 valence electrons. The van der Waals surface area contributed by atoms with Gasteiger partial charge in [-0.2, -0.15) is 36.9 Å². The van der Waals surface area contributed by atoms with Gasteiger partial charge in [-0.25, -0.2) is 4.39 Å². The maximum Gasteiger partial charge on any atom is 0.406 e. The van der Waals surface area contributed by atoms with Gasteiger partial charge >= 0.3 is 12.4 Å². The highest BCUT2D eigenvalue weighted by Gasteiger charge is 2.82. The van der Waals surface area contributed by atoms with Gasteiger partial charge in [-0.1, -0.05) is 24.3 Å². The van der Waals surface area contributed by atoms with Crippen molar-refractivity contribution in [2.24, 2.45) is 10.8 Å². The van der Waals surface area contributed by atoms with E-state index in [9.17, 15) is 41.3 Å². The van der Waals surface area contributed by atoms with Crippen LogP contribution >= 0.6 is 0 Å². The van der Waals surface area contributed by atoms with Crippen molar-refractivity contribution in [1.82, 2.24) is 0 Å². The molecule has 0 amide bonds. The van der Waals surface area contributed by atoms with Crippen molar-refractivity contribution in [3.8, 4) is 12.1 Å². The minimum absolute atomic E-state index is 0.322. The van der Waals surface area contributed by atoms with Crippen molar-refractivity contribution in [2.45, 2.75) is 24.7 Å². The second kappa shape index (κ2) is 5.76. The molecule has 1 unspecified atom stereocenters. The van der Waals surface area contributed by atoms with Gasteiger partial charge in [0, 0.05) is 5.92 Å². The van der Waals surface area contributed by atoms with E-state index in [1.807, 2.05) is 0 Å². The van der Waals surface area contributed by atoms with Gasteiger partial charge in [0.15, 0.2) is 10.8 Å². The maximum atomic E-state index is 13.6. The van der Waals surface area contributed by atoms with E-state index in [1.165, 1.54) is 0 Å². The highest BCUT2D eigenvalue weighted by Crippen LogP contribution is 2.67. The van der Waals surface area contributed by atoms with Gasteiger partial charge in [-0.15, -0.1) is 0 Å². The number of alkyl halides is 6. The van der Waals surface area contributed by atoms with Gasteiger partial charge in [0.05, 0.1) is 12.1 Å². The van der Waals surface area contributed by atoms with Crippen molar-refractivity contribution >= 4 is 0 Å². The number of nitrogens with zero attached hydrogens (tertiary/aromatic N) is 2. The molecule has 2 rings (SSSR count). The molecule has 0 N–H and O–H groups in total. The maximum absolute atomic E-state index is 13.6. The molecule has 0 fully saturated rings. The molecule has 1 aromatic rings. The molecule has 1 atom stereocenters. The van der Waals surface area contributed by atoms with Crippen LogP contribution in [0.3, 0.4) is 0 Å². The van der Waals surface area contributed by atoms with Gasteiger partial charge in [0.2, 0.25) is 0 Å². The molecule has 0 spiro atoms. The summed E-state index contributed by atoms with van der Waals surface area (Å²) in [5, 5.41) is 18.6. The Morgan fingerprint density at radius 1 is 1.00 bits per heavy atom. The molecular formula is C16H9F7N2. The average molecular weight is 362 g/mol. The van der Waals surface area contributed by atoms with Crippen LogP contribution in [-0.4, -0.2) is 12.4 Å². The van der Waals surface area contributed by atoms with Crippen LogP contribution in [0.4, 0.5) is 30.7 Å². The molecule has 2 nitrogen and oxygen atoms in total. The lowest BCUT2D eigenvalue weighted by atomic mass is 9.52. The Bertz CT molecular complexity index is 749.